The molecule has 1 atom stereocenters. The lowest BCUT2D eigenvalue weighted by molar-refractivity contribution is 0.147. The Bertz CT molecular complexity index is 1800. The quantitative estimate of drug-likeness (QED) is 0.280. The zero-order valence-electron chi connectivity index (χ0n) is 23.7. The van der Waals surface area contributed by atoms with Crippen molar-refractivity contribution in [2.24, 2.45) is 0 Å². The maximum Gasteiger partial charge on any atom is 0.266 e. The smallest absolute Gasteiger partial charge is 0.266 e. The van der Waals surface area contributed by atoms with Crippen LogP contribution >= 0.6 is 12.1 Å². The van der Waals surface area contributed by atoms with Crippen molar-refractivity contribution < 1.29 is 13.5 Å². The third-order valence-corrected chi connectivity index (χ3v) is 9.23. The number of nitrogens with one attached hydrogen (secondary N) is 2. The van der Waals surface area contributed by atoms with Gasteiger partial charge in [-0.2, -0.15) is 5.26 Å². The number of nitriles is 1. The lowest BCUT2D eigenvalue weighted by atomic mass is 10.1. The van der Waals surface area contributed by atoms with Crippen LogP contribution < -0.4 is 20.3 Å². The third-order valence-electron chi connectivity index (χ3n) is 8.33. The van der Waals surface area contributed by atoms with E-state index < -0.39 is 12.0 Å². The minimum absolute atomic E-state index is 0.0521. The van der Waals surface area contributed by atoms with Crippen molar-refractivity contribution in [2.75, 3.05) is 44.0 Å². The number of halogens is 2. The van der Waals surface area contributed by atoms with Crippen LogP contribution in [0.4, 0.5) is 14.5 Å². The van der Waals surface area contributed by atoms with E-state index in [4.69, 9.17) is 4.74 Å². The molecular formula is C30H29F2N9O2S. The number of alkyl halides is 1. The summed E-state index contributed by atoms with van der Waals surface area (Å²) in [6.07, 6.45) is 6.27. The number of nitrogens with zero attached hydrogens (tertiary/aromatic N) is 7. The Kier molecular flexibility index (Phi) is 7.63. The standard InChI is InChI=1S/C30H29F2N9O2S/c31-19-5-10-40(17-19)44-38-26-4-2-24(32)27(23(26)14-33)43-21-1-3-25-22(13-21)28(42)41(18-37-25)20-15-35-29(36-16-20)30(6-7-30)39-11-8-34-9-12-39/h1-4,13,15-16,18-19,34,38H,5-12,17H2. The molecule has 0 amide bonds. The van der Waals surface area contributed by atoms with E-state index >= 15 is 0 Å². The van der Waals surface area contributed by atoms with E-state index in [0.717, 1.165) is 57.0 Å². The van der Waals surface area contributed by atoms with Gasteiger partial charge in [0.2, 0.25) is 0 Å². The fourth-order valence-corrected chi connectivity index (χ4v) is 6.61. The highest BCUT2D eigenvalue weighted by molar-refractivity contribution is 7.98. The van der Waals surface area contributed by atoms with Gasteiger partial charge in [-0.05, 0) is 49.6 Å². The monoisotopic (exact) mass is 617 g/mol. The highest BCUT2D eigenvalue weighted by Crippen LogP contribution is 2.49. The molecule has 1 aliphatic carbocycles. The molecule has 0 bridgehead atoms. The molecule has 2 aliphatic heterocycles. The van der Waals surface area contributed by atoms with Crippen LogP contribution in [0.1, 0.15) is 30.7 Å². The summed E-state index contributed by atoms with van der Waals surface area (Å²) in [4.78, 5) is 29.7. The van der Waals surface area contributed by atoms with Crippen molar-refractivity contribution in [2.45, 2.75) is 31.0 Å². The molecule has 2 N–H and O–H groups in total. The summed E-state index contributed by atoms with van der Waals surface area (Å²) in [5.74, 6) is -0.100. The molecule has 44 heavy (non-hydrogen) atoms. The molecule has 0 radical (unpaired) electrons. The number of fused-ring (bicyclic) bond motifs is 1. The molecule has 1 unspecified atom stereocenters. The number of anilines is 1. The average molecular weight is 618 g/mol. The molecule has 2 saturated heterocycles. The van der Waals surface area contributed by atoms with Crippen LogP contribution in [0.2, 0.25) is 0 Å². The van der Waals surface area contributed by atoms with Gasteiger partial charge in [-0.3, -0.25) is 14.3 Å². The normalized spacial score (nSPS) is 20.0. The first-order valence-corrected chi connectivity index (χ1v) is 15.2. The zero-order chi connectivity index (χ0) is 30.3. The predicted molar refractivity (Wildman–Crippen MR) is 162 cm³/mol. The van der Waals surface area contributed by atoms with Gasteiger partial charge < -0.3 is 14.8 Å². The Morgan fingerprint density at radius 1 is 1.11 bits per heavy atom. The summed E-state index contributed by atoms with van der Waals surface area (Å²) < 4.78 is 40.5. The van der Waals surface area contributed by atoms with Gasteiger partial charge in [-0.15, -0.1) is 0 Å². The summed E-state index contributed by atoms with van der Waals surface area (Å²) in [5, 5.41) is 13.5. The van der Waals surface area contributed by atoms with Crippen LogP contribution in [-0.4, -0.2) is 74.2 Å². The van der Waals surface area contributed by atoms with Crippen molar-refractivity contribution >= 4 is 28.7 Å². The molecule has 11 nitrogen and oxygen atoms in total. The minimum Gasteiger partial charge on any atom is -0.453 e. The predicted octanol–water partition coefficient (Wildman–Crippen LogP) is 3.89. The number of aromatic nitrogens is 4. The average Bonchev–Trinajstić information content (AvgIpc) is 3.77. The third kappa shape index (κ3) is 5.36. The van der Waals surface area contributed by atoms with E-state index in [1.807, 2.05) is 6.07 Å². The fourth-order valence-electron chi connectivity index (χ4n) is 5.78. The molecule has 0 spiro atoms. The molecule has 2 aromatic carbocycles. The van der Waals surface area contributed by atoms with Gasteiger partial charge in [-0.25, -0.2) is 28.0 Å². The Labute approximate surface area is 256 Å². The number of hydrogen-bond donors (Lipinski definition) is 2. The van der Waals surface area contributed by atoms with Gasteiger partial charge in [0.05, 0.1) is 40.2 Å². The van der Waals surface area contributed by atoms with Gasteiger partial charge in [0.15, 0.2) is 11.6 Å². The van der Waals surface area contributed by atoms with Crippen molar-refractivity contribution in [3.05, 3.63) is 76.6 Å². The van der Waals surface area contributed by atoms with Crippen molar-refractivity contribution in [3.63, 3.8) is 0 Å². The zero-order valence-corrected chi connectivity index (χ0v) is 24.5. The summed E-state index contributed by atoms with van der Waals surface area (Å²) in [7, 11) is 0. The summed E-state index contributed by atoms with van der Waals surface area (Å²) in [6.45, 7) is 4.60. The second-order valence-corrected chi connectivity index (χ2v) is 12.0. The summed E-state index contributed by atoms with van der Waals surface area (Å²) in [6, 6.07) is 9.25. The van der Waals surface area contributed by atoms with Crippen molar-refractivity contribution in [1.82, 2.24) is 34.0 Å². The lowest BCUT2D eigenvalue weighted by Gasteiger charge is -2.34. The number of rotatable bonds is 8. The van der Waals surface area contributed by atoms with Crippen LogP contribution in [0, 0.1) is 17.1 Å². The number of ether oxygens (including phenoxy) is 1. The van der Waals surface area contributed by atoms with Crippen molar-refractivity contribution in [1.29, 1.82) is 5.26 Å². The molecule has 4 aromatic rings. The molecule has 14 heteroatoms. The van der Waals surface area contributed by atoms with E-state index in [9.17, 15) is 18.8 Å². The Hall–Kier alpha value is -4.16. The van der Waals surface area contributed by atoms with E-state index in [2.05, 4.69) is 29.9 Å². The van der Waals surface area contributed by atoms with Crippen molar-refractivity contribution in [3.8, 4) is 23.3 Å². The fraction of sp³-hybridized carbons (Fsp3) is 0.367. The molecule has 3 fully saturated rings. The summed E-state index contributed by atoms with van der Waals surface area (Å²) in [5.41, 5.74) is 0.676. The number of hydrogen-bond acceptors (Lipinski definition) is 11. The topological polar surface area (TPSA) is 124 Å². The molecule has 4 heterocycles. The van der Waals surface area contributed by atoms with E-state index in [0.29, 0.717) is 29.9 Å². The largest absolute Gasteiger partial charge is 0.453 e. The molecule has 1 saturated carbocycles. The second-order valence-electron chi connectivity index (χ2n) is 11.1. The van der Waals surface area contributed by atoms with E-state index in [-0.39, 0.29) is 40.1 Å². The Morgan fingerprint density at radius 3 is 2.61 bits per heavy atom. The van der Waals surface area contributed by atoms with Gasteiger partial charge in [0.25, 0.3) is 5.56 Å². The van der Waals surface area contributed by atoms with Gasteiger partial charge in [0, 0.05) is 51.4 Å². The minimum atomic E-state index is -0.900. The maximum atomic E-state index is 14.9. The number of piperazine rings is 1. The van der Waals surface area contributed by atoms with Crippen LogP contribution in [0.15, 0.2) is 53.8 Å². The molecule has 3 aliphatic rings. The van der Waals surface area contributed by atoms with Gasteiger partial charge in [0.1, 0.15) is 35.7 Å². The molecular weight excluding hydrogens is 588 g/mol. The van der Waals surface area contributed by atoms with E-state index in [1.54, 1.807) is 28.8 Å². The highest BCUT2D eigenvalue weighted by Gasteiger charge is 2.52. The van der Waals surface area contributed by atoms with Gasteiger partial charge >= 0.3 is 0 Å². The highest BCUT2D eigenvalue weighted by atomic mass is 32.2. The summed E-state index contributed by atoms with van der Waals surface area (Å²) >= 11 is 1.15. The van der Waals surface area contributed by atoms with Crippen LogP contribution in [0.25, 0.3) is 16.6 Å². The van der Waals surface area contributed by atoms with Crippen LogP contribution in [-0.2, 0) is 5.54 Å². The molecule has 2 aromatic heterocycles. The van der Waals surface area contributed by atoms with E-state index in [1.165, 1.54) is 29.1 Å². The first kappa shape index (κ1) is 28.6. The van der Waals surface area contributed by atoms with Crippen LogP contribution in [0.3, 0.4) is 0 Å². The SMILES string of the molecule is N#Cc1c(NSN2CCC(F)C2)ccc(F)c1Oc1ccc2ncn(-c3cnc(C4(N5CCNCC5)CC4)nc3)c(=O)c2c1. The Balaban J connectivity index is 1.14. The maximum absolute atomic E-state index is 14.9. The molecule has 7 rings (SSSR count). The lowest BCUT2D eigenvalue weighted by Crippen LogP contribution is -2.49. The van der Waals surface area contributed by atoms with Crippen LogP contribution in [0.5, 0.6) is 11.5 Å². The Morgan fingerprint density at radius 2 is 1.91 bits per heavy atom. The molecule has 226 valence electrons. The first-order chi connectivity index (χ1) is 21.4. The van der Waals surface area contributed by atoms with Gasteiger partial charge in [-0.1, -0.05) is 0 Å². The first-order valence-electron chi connectivity index (χ1n) is 14.5. The second kappa shape index (κ2) is 11.7. The number of benzene rings is 2.